The summed E-state index contributed by atoms with van der Waals surface area (Å²) in [5.41, 5.74) is 0.860. The van der Waals surface area contributed by atoms with Crippen molar-refractivity contribution in [3.8, 4) is 0 Å². The van der Waals surface area contributed by atoms with Crippen molar-refractivity contribution in [2.45, 2.75) is 6.92 Å². The fourth-order valence-corrected chi connectivity index (χ4v) is 3.64. The molecule has 1 N–H and O–H groups in total. The molecule has 1 heterocycles. The fraction of sp³-hybridized carbons (Fsp3) is 0.0625. The van der Waals surface area contributed by atoms with Gasteiger partial charge in [0.2, 0.25) is 0 Å². The van der Waals surface area contributed by atoms with Crippen molar-refractivity contribution in [1.29, 1.82) is 0 Å². The summed E-state index contributed by atoms with van der Waals surface area (Å²) in [5.74, 6) is -0.380. The minimum atomic E-state index is -0.475. The highest BCUT2D eigenvalue weighted by molar-refractivity contribution is 7.21. The molecule has 0 bridgehead atoms. The highest BCUT2D eigenvalue weighted by atomic mass is 35.5. The number of nitro benzene ring substituents is 1. The number of nitrogens with zero attached hydrogens (tertiary/aromatic N) is 1. The number of nitrogens with one attached hydrogen (secondary N) is 1. The monoisotopic (exact) mass is 346 g/mol. The quantitative estimate of drug-likeness (QED) is 0.534. The topological polar surface area (TPSA) is 72.2 Å². The smallest absolute Gasteiger partial charge is 0.274 e. The fourth-order valence-electron chi connectivity index (χ4n) is 2.23. The second-order valence-electron chi connectivity index (χ2n) is 4.95. The molecule has 2 aromatic carbocycles. The summed E-state index contributed by atoms with van der Waals surface area (Å²) in [7, 11) is 0. The van der Waals surface area contributed by atoms with E-state index < -0.39 is 4.92 Å². The first kappa shape index (κ1) is 15.5. The molecule has 5 nitrogen and oxygen atoms in total. The number of carbonyl (C=O) groups is 1. The molecule has 0 aliphatic carbocycles. The van der Waals surface area contributed by atoms with Crippen LogP contribution in [-0.4, -0.2) is 10.8 Å². The third-order valence-electron chi connectivity index (χ3n) is 3.40. The van der Waals surface area contributed by atoms with Gasteiger partial charge in [0.15, 0.2) is 0 Å². The summed E-state index contributed by atoms with van der Waals surface area (Å²) in [5, 5.41) is 14.9. The van der Waals surface area contributed by atoms with Gasteiger partial charge in [-0.15, -0.1) is 11.3 Å². The molecule has 3 rings (SSSR count). The van der Waals surface area contributed by atoms with Crippen LogP contribution in [0.15, 0.2) is 42.5 Å². The van der Waals surface area contributed by atoms with Crippen LogP contribution in [-0.2, 0) is 0 Å². The Morgan fingerprint density at radius 3 is 2.70 bits per heavy atom. The molecule has 0 fully saturated rings. The number of amides is 1. The molecular formula is C16H11ClN2O3S. The van der Waals surface area contributed by atoms with Crippen LogP contribution in [0.4, 0.5) is 11.4 Å². The molecular weight excluding hydrogens is 336 g/mol. The van der Waals surface area contributed by atoms with Crippen LogP contribution in [0.1, 0.15) is 15.2 Å². The van der Waals surface area contributed by atoms with Crippen molar-refractivity contribution in [3.63, 3.8) is 0 Å². The van der Waals surface area contributed by atoms with Gasteiger partial charge in [-0.2, -0.15) is 0 Å². The number of hydrogen-bond acceptors (Lipinski definition) is 4. The van der Waals surface area contributed by atoms with Gasteiger partial charge >= 0.3 is 0 Å². The summed E-state index contributed by atoms with van der Waals surface area (Å²) in [4.78, 5) is 23.3. The number of anilines is 1. The molecule has 7 heteroatoms. The Labute approximate surface area is 140 Å². The summed E-state index contributed by atoms with van der Waals surface area (Å²) < 4.78 is 0.914. The number of halogens is 1. The van der Waals surface area contributed by atoms with Crippen LogP contribution in [0.2, 0.25) is 5.02 Å². The Morgan fingerprint density at radius 2 is 2.00 bits per heavy atom. The molecule has 1 amide bonds. The first-order valence-electron chi connectivity index (χ1n) is 6.71. The third kappa shape index (κ3) is 2.91. The van der Waals surface area contributed by atoms with Crippen LogP contribution in [0.5, 0.6) is 0 Å². The van der Waals surface area contributed by atoms with Crippen LogP contribution in [0.25, 0.3) is 10.1 Å². The number of rotatable bonds is 3. The zero-order valence-electron chi connectivity index (χ0n) is 12.0. The molecule has 0 spiro atoms. The molecule has 1 aromatic heterocycles. The van der Waals surface area contributed by atoms with Crippen LogP contribution >= 0.6 is 22.9 Å². The molecule has 0 atom stereocenters. The normalized spacial score (nSPS) is 10.7. The Hall–Kier alpha value is -2.44. The summed E-state index contributed by atoms with van der Waals surface area (Å²) in [6.07, 6.45) is 0. The maximum Gasteiger partial charge on any atom is 0.274 e. The molecule has 23 heavy (non-hydrogen) atoms. The average molecular weight is 347 g/mol. The summed E-state index contributed by atoms with van der Waals surface area (Å²) in [6.45, 7) is 1.65. The Kier molecular flexibility index (Phi) is 4.02. The minimum Gasteiger partial charge on any atom is -0.321 e. The van der Waals surface area contributed by atoms with Crippen LogP contribution in [0, 0.1) is 17.0 Å². The number of carbonyl (C=O) groups excluding carboxylic acids is 1. The summed E-state index contributed by atoms with van der Waals surface area (Å²) in [6, 6.07) is 12.0. The van der Waals surface area contributed by atoms with Gasteiger partial charge in [0.05, 0.1) is 9.95 Å². The molecule has 0 aliphatic heterocycles. The van der Waals surface area contributed by atoms with Crippen LogP contribution in [0.3, 0.4) is 0 Å². The first-order valence-corrected chi connectivity index (χ1v) is 7.90. The second kappa shape index (κ2) is 5.98. The molecule has 0 radical (unpaired) electrons. The van der Waals surface area contributed by atoms with E-state index in [2.05, 4.69) is 5.32 Å². The second-order valence-corrected chi connectivity index (χ2v) is 6.38. The van der Waals surface area contributed by atoms with Gasteiger partial charge in [-0.3, -0.25) is 14.9 Å². The van der Waals surface area contributed by atoms with Crippen LogP contribution < -0.4 is 5.32 Å². The number of hydrogen-bond donors (Lipinski definition) is 1. The van der Waals surface area contributed by atoms with Gasteiger partial charge in [0.1, 0.15) is 4.88 Å². The molecule has 0 unspecified atom stereocenters. The molecule has 3 aromatic rings. The van der Waals surface area contributed by atoms with Crippen molar-refractivity contribution in [1.82, 2.24) is 0 Å². The molecule has 0 saturated carbocycles. The van der Waals surface area contributed by atoms with E-state index in [0.717, 1.165) is 10.1 Å². The summed E-state index contributed by atoms with van der Waals surface area (Å²) >= 11 is 7.55. The van der Waals surface area contributed by atoms with Gasteiger partial charge in [0, 0.05) is 27.4 Å². The van der Waals surface area contributed by atoms with E-state index in [4.69, 9.17) is 11.6 Å². The van der Waals surface area contributed by atoms with Gasteiger partial charge in [-0.25, -0.2) is 0 Å². The van der Waals surface area contributed by atoms with Crippen molar-refractivity contribution < 1.29 is 9.72 Å². The number of aryl methyl sites for hydroxylation is 1. The zero-order valence-corrected chi connectivity index (χ0v) is 13.6. The Morgan fingerprint density at radius 1 is 1.26 bits per heavy atom. The standard InChI is InChI=1S/C16H11ClN2O3S/c1-9-6-7-10(8-12(9)19(21)22)18-16(20)15-14(17)11-4-2-3-5-13(11)23-15/h2-8H,1H3,(H,18,20). The third-order valence-corrected chi connectivity index (χ3v) is 5.08. The van der Waals surface area contributed by atoms with E-state index in [1.54, 1.807) is 19.1 Å². The molecule has 0 aliphatic rings. The van der Waals surface area contributed by atoms with Crippen molar-refractivity contribution in [2.75, 3.05) is 5.32 Å². The van der Waals surface area contributed by atoms with Crippen molar-refractivity contribution in [3.05, 3.63) is 68.0 Å². The van der Waals surface area contributed by atoms with Gasteiger partial charge in [-0.05, 0) is 19.1 Å². The lowest BCUT2D eigenvalue weighted by Gasteiger charge is -2.05. The number of thiophene rings is 1. The lowest BCUT2D eigenvalue weighted by Crippen LogP contribution is -2.11. The first-order chi connectivity index (χ1) is 11.0. The van der Waals surface area contributed by atoms with E-state index in [0.29, 0.717) is 21.2 Å². The zero-order chi connectivity index (χ0) is 16.6. The van der Waals surface area contributed by atoms with E-state index in [1.807, 2.05) is 24.3 Å². The maximum atomic E-state index is 12.4. The largest absolute Gasteiger partial charge is 0.321 e. The lowest BCUT2D eigenvalue weighted by molar-refractivity contribution is -0.385. The minimum absolute atomic E-state index is 0.0368. The predicted molar refractivity (Wildman–Crippen MR) is 92.6 cm³/mol. The average Bonchev–Trinajstić information content (AvgIpc) is 2.86. The predicted octanol–water partition coefficient (Wildman–Crippen LogP) is 5.02. The van der Waals surface area contributed by atoms with E-state index in [9.17, 15) is 14.9 Å². The highest BCUT2D eigenvalue weighted by Crippen LogP contribution is 2.35. The maximum absolute atomic E-state index is 12.4. The van der Waals surface area contributed by atoms with Gasteiger partial charge in [0.25, 0.3) is 11.6 Å². The Bertz CT molecular complexity index is 936. The number of nitro groups is 1. The van der Waals surface area contributed by atoms with Gasteiger partial charge < -0.3 is 5.32 Å². The van der Waals surface area contributed by atoms with Crippen molar-refractivity contribution >= 4 is 50.3 Å². The van der Waals surface area contributed by atoms with E-state index in [1.165, 1.54) is 17.4 Å². The number of fused-ring (bicyclic) bond motifs is 1. The highest BCUT2D eigenvalue weighted by Gasteiger charge is 2.18. The van der Waals surface area contributed by atoms with E-state index in [-0.39, 0.29) is 11.6 Å². The Balaban J connectivity index is 1.93. The lowest BCUT2D eigenvalue weighted by atomic mass is 10.2. The SMILES string of the molecule is Cc1ccc(NC(=O)c2sc3ccccc3c2Cl)cc1[N+](=O)[O-]. The molecule has 0 saturated heterocycles. The van der Waals surface area contributed by atoms with E-state index >= 15 is 0 Å². The molecule has 116 valence electrons. The van der Waals surface area contributed by atoms with Gasteiger partial charge in [-0.1, -0.05) is 35.9 Å². The number of benzene rings is 2. The van der Waals surface area contributed by atoms with Crippen molar-refractivity contribution in [2.24, 2.45) is 0 Å².